The predicted octanol–water partition coefficient (Wildman–Crippen LogP) is 0.789. The third kappa shape index (κ3) is 3.78. The summed E-state index contributed by atoms with van der Waals surface area (Å²) < 4.78 is 7.74. The summed E-state index contributed by atoms with van der Waals surface area (Å²) in [4.78, 5) is 2.44. The SMILES string of the molecule is CC(C)N1CCOC(C(N)CCc2ccnn2C)C1. The first-order chi connectivity index (χ1) is 9.08. The highest BCUT2D eigenvalue weighted by Gasteiger charge is 2.26. The summed E-state index contributed by atoms with van der Waals surface area (Å²) in [5.41, 5.74) is 7.52. The van der Waals surface area contributed by atoms with E-state index in [2.05, 4.69) is 29.9 Å². The monoisotopic (exact) mass is 266 g/mol. The quantitative estimate of drug-likeness (QED) is 0.856. The molecule has 0 bridgehead atoms. The van der Waals surface area contributed by atoms with Gasteiger partial charge >= 0.3 is 0 Å². The molecule has 2 N–H and O–H groups in total. The van der Waals surface area contributed by atoms with E-state index in [-0.39, 0.29) is 12.1 Å². The number of aryl methyl sites for hydroxylation is 2. The molecule has 0 radical (unpaired) electrons. The van der Waals surface area contributed by atoms with Gasteiger partial charge in [0, 0.05) is 44.1 Å². The van der Waals surface area contributed by atoms with Gasteiger partial charge in [-0.2, -0.15) is 5.10 Å². The molecule has 0 aromatic carbocycles. The molecule has 2 unspecified atom stereocenters. The first kappa shape index (κ1) is 14.5. The van der Waals surface area contributed by atoms with Gasteiger partial charge < -0.3 is 10.5 Å². The Balaban J connectivity index is 1.82. The van der Waals surface area contributed by atoms with Crippen LogP contribution in [0.15, 0.2) is 12.3 Å². The van der Waals surface area contributed by atoms with Gasteiger partial charge in [-0.3, -0.25) is 9.58 Å². The highest BCUT2D eigenvalue weighted by atomic mass is 16.5. The van der Waals surface area contributed by atoms with Crippen LogP contribution >= 0.6 is 0 Å². The topological polar surface area (TPSA) is 56.3 Å². The van der Waals surface area contributed by atoms with Crippen molar-refractivity contribution in [1.82, 2.24) is 14.7 Å². The number of aromatic nitrogens is 2. The summed E-state index contributed by atoms with van der Waals surface area (Å²) in [5.74, 6) is 0. The zero-order chi connectivity index (χ0) is 13.8. The van der Waals surface area contributed by atoms with Gasteiger partial charge in [0.25, 0.3) is 0 Å². The zero-order valence-corrected chi connectivity index (χ0v) is 12.2. The second kappa shape index (κ2) is 6.50. The van der Waals surface area contributed by atoms with Crippen molar-refractivity contribution in [3.63, 3.8) is 0 Å². The molecular formula is C14H26N4O. The predicted molar refractivity (Wildman–Crippen MR) is 76.0 cm³/mol. The Morgan fingerprint density at radius 1 is 1.53 bits per heavy atom. The lowest BCUT2D eigenvalue weighted by molar-refractivity contribution is -0.0506. The lowest BCUT2D eigenvalue weighted by Gasteiger charge is -2.37. The summed E-state index contributed by atoms with van der Waals surface area (Å²) in [6, 6.07) is 2.71. The minimum absolute atomic E-state index is 0.0939. The van der Waals surface area contributed by atoms with Crippen molar-refractivity contribution in [3.05, 3.63) is 18.0 Å². The Bertz CT molecular complexity index is 391. The highest BCUT2D eigenvalue weighted by Crippen LogP contribution is 2.14. The summed E-state index contributed by atoms with van der Waals surface area (Å²) in [6.45, 7) is 7.21. The van der Waals surface area contributed by atoms with Crippen LogP contribution in [0.25, 0.3) is 0 Å². The molecule has 2 rings (SSSR count). The molecule has 2 atom stereocenters. The Labute approximate surface area is 115 Å². The molecule has 1 fully saturated rings. The molecule has 5 nitrogen and oxygen atoms in total. The number of hydrogen-bond donors (Lipinski definition) is 1. The third-order valence-electron chi connectivity index (χ3n) is 3.99. The summed E-state index contributed by atoms with van der Waals surface area (Å²) in [6.07, 6.45) is 3.89. The van der Waals surface area contributed by atoms with Crippen molar-refractivity contribution in [2.75, 3.05) is 19.7 Å². The Hall–Kier alpha value is -0.910. The molecule has 0 spiro atoms. The van der Waals surface area contributed by atoms with Crippen LogP contribution in [0.2, 0.25) is 0 Å². The van der Waals surface area contributed by atoms with Crippen molar-refractivity contribution < 1.29 is 4.74 Å². The molecule has 1 saturated heterocycles. The number of hydrogen-bond acceptors (Lipinski definition) is 4. The third-order valence-corrected chi connectivity index (χ3v) is 3.99. The maximum Gasteiger partial charge on any atom is 0.0853 e. The number of nitrogens with two attached hydrogens (primary N) is 1. The fraction of sp³-hybridized carbons (Fsp3) is 0.786. The van der Waals surface area contributed by atoms with Crippen LogP contribution in [0.5, 0.6) is 0 Å². The van der Waals surface area contributed by atoms with Crippen molar-refractivity contribution in [2.45, 2.75) is 44.9 Å². The van der Waals surface area contributed by atoms with Crippen LogP contribution in [0, 0.1) is 0 Å². The zero-order valence-electron chi connectivity index (χ0n) is 12.2. The standard InChI is InChI=1S/C14H26N4O/c1-11(2)18-8-9-19-14(10-18)13(15)5-4-12-6-7-16-17(12)3/h6-7,11,13-14H,4-5,8-10,15H2,1-3H3. The van der Waals surface area contributed by atoms with E-state index in [1.54, 1.807) is 0 Å². The molecule has 0 aliphatic carbocycles. The van der Waals surface area contributed by atoms with Crippen LogP contribution in [0.4, 0.5) is 0 Å². The Kier molecular flexibility index (Phi) is 4.96. The van der Waals surface area contributed by atoms with E-state index in [0.29, 0.717) is 6.04 Å². The van der Waals surface area contributed by atoms with E-state index in [1.165, 1.54) is 5.69 Å². The molecule has 1 aromatic heterocycles. The average Bonchev–Trinajstić information content (AvgIpc) is 2.81. The van der Waals surface area contributed by atoms with Crippen LogP contribution in [-0.4, -0.2) is 52.6 Å². The Morgan fingerprint density at radius 2 is 2.32 bits per heavy atom. The van der Waals surface area contributed by atoms with Gasteiger partial charge in [-0.25, -0.2) is 0 Å². The summed E-state index contributed by atoms with van der Waals surface area (Å²) >= 11 is 0. The van der Waals surface area contributed by atoms with Crippen LogP contribution in [0.1, 0.15) is 26.0 Å². The van der Waals surface area contributed by atoms with Crippen LogP contribution in [0.3, 0.4) is 0 Å². The maximum absolute atomic E-state index is 6.30. The number of nitrogens with zero attached hydrogens (tertiary/aromatic N) is 3. The minimum atomic E-state index is 0.0939. The fourth-order valence-corrected chi connectivity index (χ4v) is 2.57. The van der Waals surface area contributed by atoms with Gasteiger partial charge in [0.1, 0.15) is 0 Å². The van der Waals surface area contributed by atoms with Crippen molar-refractivity contribution in [3.8, 4) is 0 Å². The molecule has 1 aliphatic heterocycles. The van der Waals surface area contributed by atoms with Gasteiger partial charge in [0.05, 0.1) is 12.7 Å². The van der Waals surface area contributed by atoms with Crippen molar-refractivity contribution >= 4 is 0 Å². The number of rotatable bonds is 5. The highest BCUT2D eigenvalue weighted by molar-refractivity contribution is 5.00. The van der Waals surface area contributed by atoms with Gasteiger partial charge in [0.2, 0.25) is 0 Å². The van der Waals surface area contributed by atoms with Gasteiger partial charge in [0.15, 0.2) is 0 Å². The second-order valence-electron chi connectivity index (χ2n) is 5.65. The van der Waals surface area contributed by atoms with E-state index in [9.17, 15) is 0 Å². The van der Waals surface area contributed by atoms with E-state index in [4.69, 9.17) is 10.5 Å². The normalized spacial score (nSPS) is 22.9. The largest absolute Gasteiger partial charge is 0.374 e. The molecule has 108 valence electrons. The fourth-order valence-electron chi connectivity index (χ4n) is 2.57. The van der Waals surface area contributed by atoms with E-state index in [1.807, 2.05) is 17.9 Å². The average molecular weight is 266 g/mol. The molecular weight excluding hydrogens is 240 g/mol. The summed E-state index contributed by atoms with van der Waals surface area (Å²) in [5, 5.41) is 4.18. The molecule has 5 heteroatoms. The van der Waals surface area contributed by atoms with E-state index in [0.717, 1.165) is 32.5 Å². The molecule has 0 saturated carbocycles. The Morgan fingerprint density at radius 3 is 2.95 bits per heavy atom. The van der Waals surface area contributed by atoms with Gasteiger partial charge in [-0.15, -0.1) is 0 Å². The van der Waals surface area contributed by atoms with Gasteiger partial charge in [-0.05, 0) is 32.8 Å². The lowest BCUT2D eigenvalue weighted by Crippen LogP contribution is -2.52. The van der Waals surface area contributed by atoms with Crippen LogP contribution < -0.4 is 5.73 Å². The summed E-state index contributed by atoms with van der Waals surface area (Å²) in [7, 11) is 1.97. The first-order valence-corrected chi connectivity index (χ1v) is 7.16. The van der Waals surface area contributed by atoms with Crippen molar-refractivity contribution in [1.29, 1.82) is 0 Å². The first-order valence-electron chi connectivity index (χ1n) is 7.16. The molecule has 2 heterocycles. The van der Waals surface area contributed by atoms with E-state index < -0.39 is 0 Å². The number of morpholine rings is 1. The number of ether oxygens (including phenoxy) is 1. The smallest absolute Gasteiger partial charge is 0.0853 e. The van der Waals surface area contributed by atoms with E-state index >= 15 is 0 Å². The lowest BCUT2D eigenvalue weighted by atomic mass is 10.0. The molecule has 19 heavy (non-hydrogen) atoms. The molecule has 0 amide bonds. The van der Waals surface area contributed by atoms with Gasteiger partial charge in [-0.1, -0.05) is 0 Å². The maximum atomic E-state index is 6.30. The van der Waals surface area contributed by atoms with Crippen LogP contribution in [-0.2, 0) is 18.2 Å². The molecule has 1 aliphatic rings. The van der Waals surface area contributed by atoms with Crippen molar-refractivity contribution in [2.24, 2.45) is 12.8 Å². The molecule has 1 aromatic rings. The second-order valence-corrected chi connectivity index (χ2v) is 5.65. The minimum Gasteiger partial charge on any atom is -0.374 e.